The minimum absolute atomic E-state index is 0.0690. The van der Waals surface area contributed by atoms with Crippen LogP contribution in [0.15, 0.2) is 40.4 Å². The van der Waals surface area contributed by atoms with Crippen LogP contribution in [0.1, 0.15) is 0 Å². The molecule has 0 bridgehead atoms. The summed E-state index contributed by atoms with van der Waals surface area (Å²) in [7, 11) is 1.61. The van der Waals surface area contributed by atoms with Gasteiger partial charge in [-0.1, -0.05) is 11.6 Å². The highest BCUT2D eigenvalue weighted by molar-refractivity contribution is 6.32. The molecule has 3 heterocycles. The second-order valence-electron chi connectivity index (χ2n) is 6.73. The fourth-order valence-electron chi connectivity index (χ4n) is 3.54. The molecule has 1 aromatic rings. The number of carbonyl (C=O) groups excluding carboxylic acids is 1. The molecule has 1 aromatic carbocycles. The van der Waals surface area contributed by atoms with Crippen LogP contribution in [-0.4, -0.2) is 80.2 Å². The van der Waals surface area contributed by atoms with E-state index in [0.717, 1.165) is 24.5 Å². The first-order valence-corrected chi connectivity index (χ1v) is 9.41. The van der Waals surface area contributed by atoms with Crippen molar-refractivity contribution >= 4 is 35.1 Å². The highest BCUT2D eigenvalue weighted by atomic mass is 35.5. The van der Waals surface area contributed by atoms with Gasteiger partial charge in [0, 0.05) is 44.1 Å². The molecule has 1 unspecified atom stereocenters. The van der Waals surface area contributed by atoms with Crippen LogP contribution in [0.5, 0.6) is 5.75 Å². The Balaban J connectivity index is 1.31. The minimum Gasteiger partial charge on any atom is -0.495 e. The lowest BCUT2D eigenvalue weighted by Crippen LogP contribution is -2.51. The van der Waals surface area contributed by atoms with Gasteiger partial charge < -0.3 is 14.5 Å². The molecule has 3 aliphatic rings. The number of dihydropyridines is 1. The van der Waals surface area contributed by atoms with Crippen molar-refractivity contribution < 1.29 is 9.53 Å². The van der Waals surface area contributed by atoms with E-state index in [1.165, 1.54) is 0 Å². The van der Waals surface area contributed by atoms with E-state index in [0.29, 0.717) is 37.0 Å². The molecule has 0 N–H and O–H groups in total. The van der Waals surface area contributed by atoms with Crippen LogP contribution >= 0.6 is 11.6 Å². The Kier molecular flexibility index (Phi) is 5.03. The third-order valence-electron chi connectivity index (χ3n) is 5.05. The lowest BCUT2D eigenvalue weighted by Gasteiger charge is -2.36. The molecule has 27 heavy (non-hydrogen) atoms. The summed E-state index contributed by atoms with van der Waals surface area (Å²) in [5, 5.41) is 6.92. The molecule has 0 radical (unpaired) electrons. The number of hydrogen-bond donors (Lipinski definition) is 0. The fraction of sp³-hybridized carbons (Fsp3) is 0.421. The summed E-state index contributed by atoms with van der Waals surface area (Å²) in [6, 6.07) is 5.84. The third kappa shape index (κ3) is 3.78. The number of amides is 1. The van der Waals surface area contributed by atoms with Crippen molar-refractivity contribution in [1.29, 1.82) is 0 Å². The first-order chi connectivity index (χ1) is 13.1. The number of halogens is 1. The number of allylic oxidation sites excluding steroid dienone is 1. The molecule has 0 spiro atoms. The third-order valence-corrected chi connectivity index (χ3v) is 5.36. The Morgan fingerprint density at radius 2 is 2.11 bits per heavy atom. The Morgan fingerprint density at radius 1 is 1.30 bits per heavy atom. The van der Waals surface area contributed by atoms with E-state index in [1.807, 2.05) is 40.3 Å². The summed E-state index contributed by atoms with van der Waals surface area (Å²) in [5.74, 6) is 0.776. The quantitative estimate of drug-likeness (QED) is 0.788. The number of piperazine rings is 1. The van der Waals surface area contributed by atoms with Crippen LogP contribution in [0.4, 0.5) is 5.69 Å². The smallest absolute Gasteiger partial charge is 0.243 e. The lowest BCUT2D eigenvalue weighted by atomic mass is 10.1. The predicted molar refractivity (Wildman–Crippen MR) is 107 cm³/mol. The van der Waals surface area contributed by atoms with E-state index >= 15 is 0 Å². The zero-order valence-electron chi connectivity index (χ0n) is 15.2. The second-order valence-corrected chi connectivity index (χ2v) is 7.14. The summed E-state index contributed by atoms with van der Waals surface area (Å²) < 4.78 is 5.29. The molecule has 3 aliphatic heterocycles. The van der Waals surface area contributed by atoms with Crippen molar-refractivity contribution in [3.8, 4) is 5.75 Å². The van der Waals surface area contributed by atoms with E-state index in [-0.39, 0.29) is 11.9 Å². The molecular weight excluding hydrogens is 366 g/mol. The van der Waals surface area contributed by atoms with E-state index in [9.17, 15) is 4.79 Å². The molecule has 0 saturated carbocycles. The number of benzene rings is 1. The van der Waals surface area contributed by atoms with Gasteiger partial charge in [0.2, 0.25) is 5.91 Å². The maximum absolute atomic E-state index is 12.7. The van der Waals surface area contributed by atoms with E-state index < -0.39 is 0 Å². The molecule has 1 fully saturated rings. The minimum atomic E-state index is 0.0690. The van der Waals surface area contributed by atoms with Crippen molar-refractivity contribution in [2.45, 2.75) is 6.04 Å². The fourth-order valence-corrected chi connectivity index (χ4v) is 3.74. The average Bonchev–Trinajstić information content (AvgIpc) is 3.10. The van der Waals surface area contributed by atoms with Crippen LogP contribution in [0, 0.1) is 0 Å². The summed E-state index contributed by atoms with van der Waals surface area (Å²) in [5.41, 5.74) is 2.00. The number of fused-ring (bicyclic) bond motifs is 1. The molecule has 1 atom stereocenters. The second kappa shape index (κ2) is 7.60. The summed E-state index contributed by atoms with van der Waals surface area (Å²) in [6.45, 7) is 3.91. The maximum Gasteiger partial charge on any atom is 0.243 e. The highest BCUT2D eigenvalue weighted by Gasteiger charge is 2.29. The van der Waals surface area contributed by atoms with Gasteiger partial charge >= 0.3 is 0 Å². The number of rotatable bonds is 4. The van der Waals surface area contributed by atoms with Gasteiger partial charge in [-0.25, -0.2) is 0 Å². The molecule has 4 rings (SSSR count). The van der Waals surface area contributed by atoms with Crippen LogP contribution in [0.3, 0.4) is 0 Å². The van der Waals surface area contributed by atoms with Gasteiger partial charge in [0.05, 0.1) is 24.4 Å². The number of anilines is 1. The predicted octanol–water partition coefficient (Wildman–Crippen LogP) is 1.68. The molecule has 142 valence electrons. The van der Waals surface area contributed by atoms with Gasteiger partial charge in [-0.05, 0) is 24.3 Å². The van der Waals surface area contributed by atoms with Gasteiger partial charge in [-0.3, -0.25) is 14.8 Å². The number of methoxy groups -OCH3 is 1. The summed E-state index contributed by atoms with van der Waals surface area (Å²) in [4.78, 5) is 21.2. The Labute approximate surface area is 163 Å². The number of nitrogens with zero attached hydrogens (tertiary/aromatic N) is 5. The van der Waals surface area contributed by atoms with Crippen molar-refractivity contribution in [1.82, 2.24) is 9.91 Å². The Bertz CT molecular complexity index is 814. The normalized spacial score (nSPS) is 21.3. The SMILES string of the molecule is COc1cc(N2CCN(C(=O)CN3CC4N=CC=CC4=N3)CC2)ccc1Cl. The number of aliphatic imine (C=N–C) groups is 1. The van der Waals surface area contributed by atoms with Crippen LogP contribution in [0.25, 0.3) is 0 Å². The van der Waals surface area contributed by atoms with Crippen LogP contribution in [0.2, 0.25) is 5.02 Å². The molecule has 0 aromatic heterocycles. The Hall–Kier alpha value is -2.54. The zero-order valence-corrected chi connectivity index (χ0v) is 16.0. The average molecular weight is 388 g/mol. The molecule has 1 amide bonds. The van der Waals surface area contributed by atoms with E-state index in [1.54, 1.807) is 13.3 Å². The first kappa shape index (κ1) is 17.9. The van der Waals surface area contributed by atoms with E-state index in [2.05, 4.69) is 15.0 Å². The van der Waals surface area contributed by atoms with E-state index in [4.69, 9.17) is 16.3 Å². The summed E-state index contributed by atoms with van der Waals surface area (Å²) in [6.07, 6.45) is 5.63. The van der Waals surface area contributed by atoms with Crippen LogP contribution in [-0.2, 0) is 4.79 Å². The van der Waals surface area contributed by atoms with Gasteiger partial charge in [-0.15, -0.1) is 0 Å². The zero-order chi connectivity index (χ0) is 18.8. The molecule has 7 nitrogen and oxygen atoms in total. The number of carbonyl (C=O) groups is 1. The van der Waals surface area contributed by atoms with Crippen molar-refractivity contribution in [2.75, 3.05) is 51.3 Å². The summed E-state index contributed by atoms with van der Waals surface area (Å²) >= 11 is 6.10. The lowest BCUT2D eigenvalue weighted by molar-refractivity contribution is -0.132. The largest absolute Gasteiger partial charge is 0.495 e. The molecule has 1 saturated heterocycles. The van der Waals surface area contributed by atoms with Gasteiger partial charge in [0.15, 0.2) is 0 Å². The van der Waals surface area contributed by atoms with Crippen molar-refractivity contribution in [3.05, 3.63) is 35.4 Å². The van der Waals surface area contributed by atoms with Gasteiger partial charge in [0.1, 0.15) is 18.3 Å². The number of ether oxygens (including phenoxy) is 1. The monoisotopic (exact) mass is 387 g/mol. The first-order valence-electron chi connectivity index (χ1n) is 9.03. The maximum atomic E-state index is 12.7. The standard InChI is InChI=1S/C19H22ClN5O2/c1-27-18-11-14(4-5-15(18)20)23-7-9-24(10-8-23)19(26)13-25-12-17-16(22-25)3-2-6-21-17/h2-6,11,17H,7-10,12-13H2,1H3. The molecular formula is C19H22ClN5O2. The number of hydrogen-bond acceptors (Lipinski definition) is 6. The Morgan fingerprint density at radius 3 is 2.85 bits per heavy atom. The highest BCUT2D eigenvalue weighted by Crippen LogP contribution is 2.29. The molecule has 8 heteroatoms. The van der Waals surface area contributed by atoms with Gasteiger partial charge in [-0.2, -0.15) is 5.10 Å². The van der Waals surface area contributed by atoms with Crippen molar-refractivity contribution in [3.63, 3.8) is 0 Å². The van der Waals surface area contributed by atoms with Crippen molar-refractivity contribution in [2.24, 2.45) is 10.1 Å². The topological polar surface area (TPSA) is 60.7 Å². The molecule has 0 aliphatic carbocycles. The van der Waals surface area contributed by atoms with Crippen LogP contribution < -0.4 is 9.64 Å². The number of hydrazone groups is 1. The van der Waals surface area contributed by atoms with Gasteiger partial charge in [0.25, 0.3) is 0 Å².